The molecule has 0 rings (SSSR count). The van der Waals surface area contributed by atoms with Gasteiger partial charge in [-0.25, -0.2) is 9.13 Å². The number of aliphatic hydroxyl groups excluding tert-OH is 1. The number of aliphatic hydroxyl groups is 1. The zero-order chi connectivity index (χ0) is 65.2. The molecule has 0 fully saturated rings. The van der Waals surface area contributed by atoms with Gasteiger partial charge in [-0.3, -0.25) is 37.3 Å². The first-order valence-corrected chi connectivity index (χ1v) is 38.9. The van der Waals surface area contributed by atoms with E-state index in [-0.39, 0.29) is 25.7 Å². The molecular weight excluding hydrogens is 1160 g/mol. The molecule has 0 aromatic heterocycles. The fourth-order valence-electron chi connectivity index (χ4n) is 10.3. The van der Waals surface area contributed by atoms with E-state index in [0.29, 0.717) is 25.7 Å². The zero-order valence-corrected chi connectivity index (χ0v) is 59.0. The first-order valence-electron chi connectivity index (χ1n) is 35.9. The molecule has 522 valence electrons. The first kappa shape index (κ1) is 86.1. The molecule has 88 heavy (non-hydrogen) atoms. The standard InChI is InChI=1S/C69H134O17P2/c1-8-10-11-12-13-29-36-43-50-66(71)79-56-64(86-69(74)53-46-39-32-25-19-21-27-34-41-48-61(5)6)58-83-87(75,76)81-54-63(70)55-82-88(77,78)84-59-65(85-68(73)52-45-38-31-24-16-14-15-20-26-33-40-47-60(3)4)57-80-67(72)51-44-37-30-23-18-17-22-28-35-42-49-62(7)9-2/h60-65,70H,8-59H2,1-7H3,(H,75,76)(H,77,78)/t62?,63-,64+,65+/m0/s1. The summed E-state index contributed by atoms with van der Waals surface area (Å²) in [5, 5.41) is 10.6. The molecule has 0 saturated carbocycles. The van der Waals surface area contributed by atoms with Gasteiger partial charge < -0.3 is 33.8 Å². The molecule has 0 aromatic carbocycles. The fourth-order valence-corrected chi connectivity index (χ4v) is 11.9. The molecule has 19 heteroatoms. The third-order valence-electron chi connectivity index (χ3n) is 16.2. The second-order valence-electron chi connectivity index (χ2n) is 26.1. The van der Waals surface area contributed by atoms with Crippen molar-refractivity contribution in [2.24, 2.45) is 17.8 Å². The van der Waals surface area contributed by atoms with Crippen LogP contribution in [0.2, 0.25) is 0 Å². The summed E-state index contributed by atoms with van der Waals surface area (Å²) in [6.07, 6.45) is 43.0. The summed E-state index contributed by atoms with van der Waals surface area (Å²) in [4.78, 5) is 72.4. The number of rotatable bonds is 67. The van der Waals surface area contributed by atoms with Crippen LogP contribution >= 0.6 is 15.6 Å². The minimum Gasteiger partial charge on any atom is -0.462 e. The van der Waals surface area contributed by atoms with E-state index in [4.69, 9.17) is 37.0 Å². The number of hydrogen-bond donors (Lipinski definition) is 3. The summed E-state index contributed by atoms with van der Waals surface area (Å²) in [7, 11) is -9.90. The molecule has 0 aromatic rings. The normalized spacial score (nSPS) is 14.5. The SMILES string of the molecule is CCCCCCCCCCC(=O)OC[C@H](COP(=O)(O)OC[C@H](O)COP(=O)(O)OC[C@@H](COC(=O)CCCCCCCCCCCCC(C)CC)OC(=O)CCCCCCCCCCCCCC(C)C)OC(=O)CCCCCCCCCCCC(C)C. The van der Waals surface area contributed by atoms with Crippen LogP contribution in [0.4, 0.5) is 0 Å². The van der Waals surface area contributed by atoms with Crippen molar-refractivity contribution in [3.05, 3.63) is 0 Å². The molecule has 0 aliphatic carbocycles. The van der Waals surface area contributed by atoms with Gasteiger partial charge in [0.2, 0.25) is 0 Å². The third-order valence-corrected chi connectivity index (χ3v) is 18.1. The van der Waals surface area contributed by atoms with Crippen LogP contribution in [0.25, 0.3) is 0 Å². The van der Waals surface area contributed by atoms with Gasteiger partial charge in [-0.1, -0.05) is 292 Å². The lowest BCUT2D eigenvalue weighted by Gasteiger charge is -2.21. The lowest BCUT2D eigenvalue weighted by Crippen LogP contribution is -2.30. The largest absolute Gasteiger partial charge is 0.472 e. The van der Waals surface area contributed by atoms with Gasteiger partial charge in [0.1, 0.15) is 19.3 Å². The van der Waals surface area contributed by atoms with Crippen LogP contribution in [0.3, 0.4) is 0 Å². The number of unbranched alkanes of at least 4 members (excludes halogenated alkanes) is 34. The van der Waals surface area contributed by atoms with Crippen molar-refractivity contribution < 1.29 is 80.2 Å². The zero-order valence-electron chi connectivity index (χ0n) is 57.2. The first-order chi connectivity index (χ1) is 42.3. The maximum absolute atomic E-state index is 13.0. The van der Waals surface area contributed by atoms with E-state index in [2.05, 4.69) is 48.5 Å². The predicted molar refractivity (Wildman–Crippen MR) is 354 cm³/mol. The van der Waals surface area contributed by atoms with Crippen molar-refractivity contribution >= 4 is 39.5 Å². The second kappa shape index (κ2) is 60.0. The number of phosphoric acid groups is 2. The van der Waals surface area contributed by atoms with Gasteiger partial charge in [-0.15, -0.1) is 0 Å². The highest BCUT2D eigenvalue weighted by atomic mass is 31.2. The highest BCUT2D eigenvalue weighted by Crippen LogP contribution is 2.45. The van der Waals surface area contributed by atoms with Gasteiger partial charge in [0.05, 0.1) is 26.4 Å². The Balaban J connectivity index is 5.24. The van der Waals surface area contributed by atoms with Crippen LogP contribution in [0.5, 0.6) is 0 Å². The maximum atomic E-state index is 13.0. The van der Waals surface area contributed by atoms with E-state index >= 15 is 0 Å². The number of hydrogen-bond acceptors (Lipinski definition) is 15. The van der Waals surface area contributed by atoms with Crippen molar-refractivity contribution in [1.82, 2.24) is 0 Å². The Hall–Kier alpha value is -1.94. The van der Waals surface area contributed by atoms with E-state index < -0.39 is 97.5 Å². The van der Waals surface area contributed by atoms with Crippen molar-refractivity contribution in [2.45, 2.75) is 362 Å². The van der Waals surface area contributed by atoms with E-state index in [0.717, 1.165) is 114 Å². The van der Waals surface area contributed by atoms with Crippen LogP contribution in [-0.4, -0.2) is 96.7 Å². The molecular formula is C69H134O17P2. The molecule has 0 spiro atoms. The molecule has 0 bridgehead atoms. The second-order valence-corrected chi connectivity index (χ2v) is 29.0. The number of carbonyl (C=O) groups excluding carboxylic acids is 4. The maximum Gasteiger partial charge on any atom is 0.472 e. The van der Waals surface area contributed by atoms with Crippen LogP contribution in [0.15, 0.2) is 0 Å². The highest BCUT2D eigenvalue weighted by molar-refractivity contribution is 7.47. The van der Waals surface area contributed by atoms with E-state index in [1.54, 1.807) is 0 Å². The molecule has 3 unspecified atom stereocenters. The Labute approximate surface area is 537 Å². The molecule has 0 radical (unpaired) electrons. The Morgan fingerprint density at radius 1 is 0.330 bits per heavy atom. The van der Waals surface area contributed by atoms with E-state index in [1.165, 1.54) is 148 Å². The smallest absolute Gasteiger partial charge is 0.462 e. The lowest BCUT2D eigenvalue weighted by atomic mass is 9.99. The molecule has 3 N–H and O–H groups in total. The van der Waals surface area contributed by atoms with Crippen LogP contribution < -0.4 is 0 Å². The van der Waals surface area contributed by atoms with Gasteiger partial charge in [0.15, 0.2) is 12.2 Å². The quantitative estimate of drug-likeness (QED) is 0.0222. The topological polar surface area (TPSA) is 237 Å². The van der Waals surface area contributed by atoms with Gasteiger partial charge in [-0.2, -0.15) is 0 Å². The number of esters is 4. The fraction of sp³-hybridized carbons (Fsp3) is 0.942. The Bertz CT molecular complexity index is 1730. The molecule has 17 nitrogen and oxygen atoms in total. The number of phosphoric ester groups is 2. The van der Waals surface area contributed by atoms with E-state index in [9.17, 15) is 43.2 Å². The molecule has 0 saturated heterocycles. The highest BCUT2D eigenvalue weighted by Gasteiger charge is 2.30. The summed E-state index contributed by atoms with van der Waals surface area (Å²) >= 11 is 0. The average Bonchev–Trinajstić information content (AvgIpc) is 3.54. The molecule has 0 aliphatic heterocycles. The summed E-state index contributed by atoms with van der Waals surface area (Å²) < 4.78 is 68.2. The van der Waals surface area contributed by atoms with E-state index in [1.807, 2.05) is 0 Å². The van der Waals surface area contributed by atoms with Gasteiger partial charge in [0, 0.05) is 25.7 Å². The van der Waals surface area contributed by atoms with Crippen molar-refractivity contribution in [3.8, 4) is 0 Å². The number of carbonyl (C=O) groups is 4. The Morgan fingerprint density at radius 3 is 0.864 bits per heavy atom. The van der Waals surface area contributed by atoms with Crippen molar-refractivity contribution in [1.29, 1.82) is 0 Å². The predicted octanol–water partition coefficient (Wildman–Crippen LogP) is 19.5. The molecule has 0 amide bonds. The summed E-state index contributed by atoms with van der Waals surface area (Å²) in [6, 6.07) is 0. The van der Waals surface area contributed by atoms with Crippen LogP contribution in [-0.2, 0) is 65.4 Å². The minimum absolute atomic E-state index is 0.105. The third kappa shape index (κ3) is 61.6. The Morgan fingerprint density at radius 2 is 0.580 bits per heavy atom. The van der Waals surface area contributed by atoms with Gasteiger partial charge in [0.25, 0.3) is 0 Å². The van der Waals surface area contributed by atoms with Gasteiger partial charge >= 0.3 is 39.5 Å². The summed E-state index contributed by atoms with van der Waals surface area (Å²) in [5.41, 5.74) is 0. The number of ether oxygens (including phenoxy) is 4. The minimum atomic E-state index is -4.95. The van der Waals surface area contributed by atoms with Crippen LogP contribution in [0.1, 0.15) is 344 Å². The molecule has 0 aliphatic rings. The van der Waals surface area contributed by atoms with Crippen LogP contribution in [0, 0.1) is 17.8 Å². The molecule has 0 heterocycles. The summed E-state index contributed by atoms with van der Waals surface area (Å²) in [6.45, 7) is 11.8. The van der Waals surface area contributed by atoms with Gasteiger partial charge in [-0.05, 0) is 43.4 Å². The van der Waals surface area contributed by atoms with Crippen molar-refractivity contribution in [3.63, 3.8) is 0 Å². The Kier molecular flexibility index (Phi) is 58.7. The summed E-state index contributed by atoms with van der Waals surface area (Å²) in [5.74, 6) is 0.181. The van der Waals surface area contributed by atoms with Crippen molar-refractivity contribution in [2.75, 3.05) is 39.6 Å². The lowest BCUT2D eigenvalue weighted by molar-refractivity contribution is -0.161. The monoisotopic (exact) mass is 1300 g/mol. The molecule has 6 atom stereocenters. The average molecular weight is 1300 g/mol.